The Morgan fingerprint density at radius 3 is 3.00 bits per heavy atom. The van der Waals surface area contributed by atoms with E-state index in [4.69, 9.17) is 9.47 Å². The lowest BCUT2D eigenvalue weighted by atomic mass is 9.81. The molecule has 2 saturated heterocycles. The highest BCUT2D eigenvalue weighted by atomic mass is 16.6. The van der Waals surface area contributed by atoms with Gasteiger partial charge in [0.2, 0.25) is 0 Å². The Morgan fingerprint density at radius 1 is 1.09 bits per heavy atom. The van der Waals surface area contributed by atoms with Crippen molar-refractivity contribution in [2.45, 2.75) is 49.9 Å². The van der Waals surface area contributed by atoms with E-state index in [9.17, 15) is 0 Å². The third kappa shape index (κ3) is 0.744. The van der Waals surface area contributed by atoms with Gasteiger partial charge < -0.3 is 9.47 Å². The van der Waals surface area contributed by atoms with E-state index in [1.807, 2.05) is 0 Å². The quantitative estimate of drug-likeness (QED) is 0.493. The monoisotopic (exact) mass is 154 g/mol. The Kier molecular flexibility index (Phi) is 1.16. The molecule has 0 aromatic rings. The minimum absolute atomic E-state index is 0.219. The number of hydrogen-bond donors (Lipinski definition) is 0. The first kappa shape index (κ1) is 6.44. The van der Waals surface area contributed by atoms with Gasteiger partial charge in [0, 0.05) is 6.61 Å². The lowest BCUT2D eigenvalue weighted by molar-refractivity contribution is -0.0344. The molecule has 1 spiro atoms. The zero-order valence-electron chi connectivity index (χ0n) is 6.71. The van der Waals surface area contributed by atoms with Crippen LogP contribution in [0.2, 0.25) is 0 Å². The molecular formula is C9H14O2. The second-order valence-electron chi connectivity index (χ2n) is 3.96. The molecule has 0 radical (unpaired) electrons. The molecule has 0 aromatic heterocycles. The number of rotatable bonds is 0. The fraction of sp³-hybridized carbons (Fsp3) is 1.00. The molecule has 1 unspecified atom stereocenters. The van der Waals surface area contributed by atoms with Gasteiger partial charge in [-0.1, -0.05) is 12.8 Å². The summed E-state index contributed by atoms with van der Waals surface area (Å²) in [4.78, 5) is 0. The minimum Gasteiger partial charge on any atom is -0.375 e. The summed E-state index contributed by atoms with van der Waals surface area (Å²) in [5.74, 6) is 0. The predicted molar refractivity (Wildman–Crippen MR) is 40.4 cm³/mol. The maximum Gasteiger partial charge on any atom is 0.121 e. The van der Waals surface area contributed by atoms with E-state index < -0.39 is 0 Å². The standard InChI is InChI=1S/C9H14O2/c1-2-5-9-7(3-1)10-6-4-8(9)11-9/h7-8H,1-6H2/t7?,8-,9+/m0/s1. The first-order valence-corrected chi connectivity index (χ1v) is 4.71. The Bertz CT molecular complexity index is 178. The molecule has 3 atom stereocenters. The van der Waals surface area contributed by atoms with Crippen LogP contribution in [0.15, 0.2) is 0 Å². The van der Waals surface area contributed by atoms with Crippen molar-refractivity contribution in [2.24, 2.45) is 0 Å². The molecular weight excluding hydrogens is 140 g/mol. The highest BCUT2D eigenvalue weighted by Crippen LogP contribution is 2.53. The number of ether oxygens (including phenoxy) is 2. The van der Waals surface area contributed by atoms with Gasteiger partial charge in [0.25, 0.3) is 0 Å². The largest absolute Gasteiger partial charge is 0.375 e. The molecule has 3 rings (SSSR count). The summed E-state index contributed by atoms with van der Waals surface area (Å²) in [6.45, 7) is 0.928. The van der Waals surface area contributed by atoms with E-state index in [2.05, 4.69) is 0 Å². The molecule has 3 fully saturated rings. The summed E-state index contributed by atoms with van der Waals surface area (Å²) in [6, 6.07) is 0. The molecule has 0 bridgehead atoms. The van der Waals surface area contributed by atoms with Crippen LogP contribution in [0.4, 0.5) is 0 Å². The highest BCUT2D eigenvalue weighted by Gasteiger charge is 2.63. The summed E-state index contributed by atoms with van der Waals surface area (Å²) in [7, 11) is 0. The Balaban J connectivity index is 1.84. The fourth-order valence-electron chi connectivity index (χ4n) is 2.72. The molecule has 2 nitrogen and oxygen atoms in total. The van der Waals surface area contributed by atoms with E-state index >= 15 is 0 Å². The second kappa shape index (κ2) is 1.99. The van der Waals surface area contributed by atoms with Gasteiger partial charge in [-0.05, 0) is 19.3 Å². The maximum absolute atomic E-state index is 5.74. The zero-order chi connectivity index (χ0) is 7.31. The number of hydrogen-bond acceptors (Lipinski definition) is 2. The van der Waals surface area contributed by atoms with Gasteiger partial charge in [0.15, 0.2) is 0 Å². The van der Waals surface area contributed by atoms with Crippen LogP contribution in [-0.2, 0) is 9.47 Å². The molecule has 0 amide bonds. The van der Waals surface area contributed by atoms with Gasteiger partial charge in [-0.25, -0.2) is 0 Å². The predicted octanol–water partition coefficient (Wildman–Crippen LogP) is 1.49. The van der Waals surface area contributed by atoms with Crippen molar-refractivity contribution >= 4 is 0 Å². The molecule has 2 heterocycles. The van der Waals surface area contributed by atoms with Crippen LogP contribution in [0.3, 0.4) is 0 Å². The van der Waals surface area contributed by atoms with Crippen molar-refractivity contribution in [2.75, 3.05) is 6.61 Å². The third-order valence-corrected chi connectivity index (χ3v) is 3.38. The molecule has 3 aliphatic rings. The average molecular weight is 154 g/mol. The summed E-state index contributed by atoms with van der Waals surface area (Å²) in [5, 5.41) is 0. The smallest absolute Gasteiger partial charge is 0.121 e. The molecule has 0 N–H and O–H groups in total. The van der Waals surface area contributed by atoms with Crippen molar-refractivity contribution in [3.8, 4) is 0 Å². The van der Waals surface area contributed by atoms with E-state index in [1.165, 1.54) is 25.7 Å². The molecule has 2 heteroatoms. The van der Waals surface area contributed by atoms with Gasteiger partial charge >= 0.3 is 0 Å². The van der Waals surface area contributed by atoms with Crippen LogP contribution >= 0.6 is 0 Å². The average Bonchev–Trinajstić information content (AvgIpc) is 2.75. The molecule has 62 valence electrons. The van der Waals surface area contributed by atoms with Crippen LogP contribution in [0.5, 0.6) is 0 Å². The summed E-state index contributed by atoms with van der Waals surface area (Å²) >= 11 is 0. The first-order chi connectivity index (χ1) is 5.42. The Morgan fingerprint density at radius 2 is 2.09 bits per heavy atom. The number of epoxide rings is 1. The summed E-state index contributed by atoms with van der Waals surface area (Å²) in [6.07, 6.45) is 7.32. The Labute approximate surface area is 66.9 Å². The third-order valence-electron chi connectivity index (χ3n) is 3.38. The van der Waals surface area contributed by atoms with E-state index in [1.54, 1.807) is 0 Å². The van der Waals surface area contributed by atoms with Gasteiger partial charge in [0.1, 0.15) is 5.60 Å². The van der Waals surface area contributed by atoms with Crippen molar-refractivity contribution in [3.05, 3.63) is 0 Å². The van der Waals surface area contributed by atoms with Gasteiger partial charge in [-0.2, -0.15) is 0 Å². The van der Waals surface area contributed by atoms with Crippen molar-refractivity contribution in [3.63, 3.8) is 0 Å². The highest BCUT2D eigenvalue weighted by molar-refractivity contribution is 5.11. The van der Waals surface area contributed by atoms with E-state index in [0.29, 0.717) is 12.2 Å². The van der Waals surface area contributed by atoms with Crippen LogP contribution in [0.25, 0.3) is 0 Å². The van der Waals surface area contributed by atoms with Crippen LogP contribution in [0.1, 0.15) is 32.1 Å². The first-order valence-electron chi connectivity index (χ1n) is 4.71. The van der Waals surface area contributed by atoms with Gasteiger partial charge in [-0.3, -0.25) is 0 Å². The topological polar surface area (TPSA) is 21.8 Å². The van der Waals surface area contributed by atoms with Crippen molar-refractivity contribution < 1.29 is 9.47 Å². The molecule has 2 aliphatic heterocycles. The van der Waals surface area contributed by atoms with E-state index in [-0.39, 0.29) is 5.60 Å². The second-order valence-corrected chi connectivity index (χ2v) is 3.96. The van der Waals surface area contributed by atoms with Gasteiger partial charge in [-0.15, -0.1) is 0 Å². The zero-order valence-corrected chi connectivity index (χ0v) is 6.71. The van der Waals surface area contributed by atoms with Gasteiger partial charge in [0.05, 0.1) is 12.2 Å². The summed E-state index contributed by atoms with van der Waals surface area (Å²) < 4.78 is 11.4. The molecule has 11 heavy (non-hydrogen) atoms. The van der Waals surface area contributed by atoms with E-state index in [0.717, 1.165) is 13.0 Å². The lowest BCUT2D eigenvalue weighted by Gasteiger charge is -2.32. The SMILES string of the molecule is C1CC[C@]23O[C@H]2CCOC3C1. The van der Waals surface area contributed by atoms with Crippen LogP contribution < -0.4 is 0 Å². The lowest BCUT2D eigenvalue weighted by Crippen LogP contribution is -2.41. The Hall–Kier alpha value is -0.0800. The molecule has 0 aromatic carbocycles. The fourth-order valence-corrected chi connectivity index (χ4v) is 2.72. The molecule has 1 saturated carbocycles. The van der Waals surface area contributed by atoms with Crippen LogP contribution in [0, 0.1) is 0 Å². The van der Waals surface area contributed by atoms with Crippen molar-refractivity contribution in [1.29, 1.82) is 0 Å². The van der Waals surface area contributed by atoms with Crippen molar-refractivity contribution in [1.82, 2.24) is 0 Å². The van der Waals surface area contributed by atoms with Crippen LogP contribution in [-0.4, -0.2) is 24.4 Å². The maximum atomic E-state index is 5.74. The minimum atomic E-state index is 0.219. The normalized spacial score (nSPS) is 54.5. The summed E-state index contributed by atoms with van der Waals surface area (Å²) in [5.41, 5.74) is 0.219. The molecule has 1 aliphatic carbocycles.